The maximum absolute atomic E-state index is 5.06. The third kappa shape index (κ3) is 3.91. The number of nitrogens with zero attached hydrogens (tertiary/aromatic N) is 3. The molecule has 112 valence electrons. The summed E-state index contributed by atoms with van der Waals surface area (Å²) >= 11 is 3.56. The van der Waals surface area contributed by atoms with E-state index in [1.54, 1.807) is 13.3 Å². The van der Waals surface area contributed by atoms with E-state index >= 15 is 0 Å². The van der Waals surface area contributed by atoms with Crippen LogP contribution in [0.15, 0.2) is 22.8 Å². The highest BCUT2D eigenvalue weighted by molar-refractivity contribution is 9.10. The number of ether oxygens (including phenoxy) is 1. The number of aryl methyl sites for hydroxylation is 1. The number of pyridine rings is 1. The lowest BCUT2D eigenvalue weighted by Gasteiger charge is -2.11. The fraction of sp³-hybridized carbons (Fsp3) is 0.400. The molecule has 6 heteroatoms. The Morgan fingerprint density at radius 3 is 2.62 bits per heavy atom. The van der Waals surface area contributed by atoms with Gasteiger partial charge in [0.15, 0.2) is 0 Å². The fourth-order valence-electron chi connectivity index (χ4n) is 1.96. The van der Waals surface area contributed by atoms with Crippen molar-refractivity contribution >= 4 is 21.7 Å². The highest BCUT2D eigenvalue weighted by Crippen LogP contribution is 2.24. The van der Waals surface area contributed by atoms with Crippen LogP contribution in [-0.2, 0) is 12.8 Å². The summed E-state index contributed by atoms with van der Waals surface area (Å²) in [7, 11) is 1.61. The van der Waals surface area contributed by atoms with Crippen molar-refractivity contribution in [1.29, 1.82) is 0 Å². The predicted molar refractivity (Wildman–Crippen MR) is 86.9 cm³/mol. The van der Waals surface area contributed by atoms with Crippen molar-refractivity contribution in [3.63, 3.8) is 0 Å². The van der Waals surface area contributed by atoms with Gasteiger partial charge in [-0.1, -0.05) is 13.0 Å². The van der Waals surface area contributed by atoms with E-state index < -0.39 is 0 Å². The SMILES string of the molecule is CCNc1nc(Cc2ccc(OC)nc2)nc(CC)c1Br. The number of hydrogen-bond acceptors (Lipinski definition) is 5. The first kappa shape index (κ1) is 15.7. The molecule has 2 aromatic rings. The van der Waals surface area contributed by atoms with Crippen molar-refractivity contribution in [2.45, 2.75) is 26.7 Å². The first-order chi connectivity index (χ1) is 10.2. The lowest BCUT2D eigenvalue weighted by Crippen LogP contribution is -2.08. The highest BCUT2D eigenvalue weighted by Gasteiger charge is 2.11. The van der Waals surface area contributed by atoms with Gasteiger partial charge in [0.25, 0.3) is 0 Å². The summed E-state index contributed by atoms with van der Waals surface area (Å²) in [4.78, 5) is 13.4. The molecule has 0 spiro atoms. The average Bonchev–Trinajstić information content (AvgIpc) is 2.51. The number of nitrogens with one attached hydrogen (secondary N) is 1. The molecule has 0 aromatic carbocycles. The molecule has 0 radical (unpaired) electrons. The van der Waals surface area contributed by atoms with Crippen LogP contribution in [0.4, 0.5) is 5.82 Å². The molecule has 0 aliphatic rings. The Balaban J connectivity index is 2.27. The zero-order valence-electron chi connectivity index (χ0n) is 12.5. The van der Waals surface area contributed by atoms with Gasteiger partial charge in [-0.2, -0.15) is 0 Å². The second-order valence-corrected chi connectivity index (χ2v) is 5.31. The minimum Gasteiger partial charge on any atom is -0.481 e. The monoisotopic (exact) mass is 350 g/mol. The van der Waals surface area contributed by atoms with Crippen molar-refractivity contribution < 1.29 is 4.74 Å². The minimum absolute atomic E-state index is 0.609. The molecule has 2 aromatic heterocycles. The van der Waals surface area contributed by atoms with Crippen molar-refractivity contribution in [2.75, 3.05) is 19.0 Å². The Hall–Kier alpha value is -1.69. The van der Waals surface area contributed by atoms with Crippen LogP contribution in [0.5, 0.6) is 5.88 Å². The molecule has 21 heavy (non-hydrogen) atoms. The molecular weight excluding hydrogens is 332 g/mol. The van der Waals surface area contributed by atoms with Gasteiger partial charge in [0.05, 0.1) is 17.3 Å². The molecule has 1 N–H and O–H groups in total. The van der Waals surface area contributed by atoms with E-state index in [0.717, 1.165) is 40.3 Å². The van der Waals surface area contributed by atoms with E-state index in [-0.39, 0.29) is 0 Å². The smallest absolute Gasteiger partial charge is 0.212 e. The number of aromatic nitrogens is 3. The summed E-state index contributed by atoms with van der Waals surface area (Å²) in [6.45, 7) is 4.96. The van der Waals surface area contributed by atoms with Gasteiger partial charge in [-0.05, 0) is 34.8 Å². The lowest BCUT2D eigenvalue weighted by molar-refractivity contribution is 0.397. The zero-order valence-corrected chi connectivity index (χ0v) is 14.1. The molecule has 0 saturated heterocycles. The lowest BCUT2D eigenvalue weighted by atomic mass is 10.2. The quantitative estimate of drug-likeness (QED) is 0.866. The summed E-state index contributed by atoms with van der Waals surface area (Å²) in [6.07, 6.45) is 3.30. The van der Waals surface area contributed by atoms with Crippen molar-refractivity contribution in [3.05, 3.63) is 39.9 Å². The Morgan fingerprint density at radius 1 is 1.24 bits per heavy atom. The molecule has 0 atom stereocenters. The van der Waals surface area contributed by atoms with Crippen LogP contribution in [0.2, 0.25) is 0 Å². The zero-order chi connectivity index (χ0) is 15.2. The minimum atomic E-state index is 0.609. The number of halogens is 1. The number of hydrogen-bond donors (Lipinski definition) is 1. The van der Waals surface area contributed by atoms with Crippen LogP contribution < -0.4 is 10.1 Å². The van der Waals surface area contributed by atoms with Gasteiger partial charge in [-0.15, -0.1) is 0 Å². The summed E-state index contributed by atoms with van der Waals surface area (Å²) in [5, 5.41) is 3.26. The number of rotatable bonds is 6. The molecule has 0 unspecified atom stereocenters. The summed E-state index contributed by atoms with van der Waals surface area (Å²) < 4.78 is 6.01. The first-order valence-electron chi connectivity index (χ1n) is 6.96. The van der Waals surface area contributed by atoms with Crippen molar-refractivity contribution in [1.82, 2.24) is 15.0 Å². The normalized spacial score (nSPS) is 10.5. The molecule has 0 bridgehead atoms. The third-order valence-electron chi connectivity index (χ3n) is 3.01. The molecule has 0 aliphatic heterocycles. The van der Waals surface area contributed by atoms with Gasteiger partial charge < -0.3 is 10.1 Å². The van der Waals surface area contributed by atoms with Gasteiger partial charge in [-0.25, -0.2) is 15.0 Å². The number of methoxy groups -OCH3 is 1. The summed E-state index contributed by atoms with van der Waals surface area (Å²) in [5.74, 6) is 2.25. The van der Waals surface area contributed by atoms with Crippen molar-refractivity contribution in [3.8, 4) is 5.88 Å². The molecule has 0 aliphatic carbocycles. The van der Waals surface area contributed by atoms with Crippen LogP contribution in [-0.4, -0.2) is 28.6 Å². The Bertz CT molecular complexity index is 601. The molecule has 2 rings (SSSR count). The topological polar surface area (TPSA) is 59.9 Å². The molecule has 0 fully saturated rings. The van der Waals surface area contributed by atoms with Crippen molar-refractivity contribution in [2.24, 2.45) is 0 Å². The van der Waals surface area contributed by atoms with E-state index in [4.69, 9.17) is 4.74 Å². The maximum atomic E-state index is 5.06. The molecule has 0 amide bonds. The van der Waals surface area contributed by atoms with E-state index in [1.165, 1.54) is 0 Å². The number of anilines is 1. The first-order valence-corrected chi connectivity index (χ1v) is 7.75. The maximum Gasteiger partial charge on any atom is 0.212 e. The van der Waals surface area contributed by atoms with Gasteiger partial charge in [-0.3, -0.25) is 0 Å². The van der Waals surface area contributed by atoms with Gasteiger partial charge in [0.2, 0.25) is 5.88 Å². The summed E-state index contributed by atoms with van der Waals surface area (Å²) in [6, 6.07) is 3.83. The molecular formula is C15H19BrN4O. The largest absolute Gasteiger partial charge is 0.481 e. The molecule has 5 nitrogen and oxygen atoms in total. The van der Waals surface area contributed by atoms with E-state index in [9.17, 15) is 0 Å². The predicted octanol–water partition coefficient (Wildman–Crippen LogP) is 3.23. The van der Waals surface area contributed by atoms with Crippen LogP contribution in [0.1, 0.15) is 30.9 Å². The van der Waals surface area contributed by atoms with E-state index in [0.29, 0.717) is 12.3 Å². The second kappa shape index (κ2) is 7.36. The molecule has 0 saturated carbocycles. The van der Waals surface area contributed by atoms with E-state index in [1.807, 2.05) is 19.1 Å². The standard InChI is InChI=1S/C15H19BrN4O/c1-4-11-14(16)15(17-5-2)20-12(19-11)8-10-6-7-13(21-3)18-9-10/h6-7,9H,4-5,8H2,1-3H3,(H,17,19,20). The Labute approximate surface area is 133 Å². The van der Waals surface area contributed by atoms with Gasteiger partial charge >= 0.3 is 0 Å². The Kier molecular flexibility index (Phi) is 5.50. The van der Waals surface area contributed by atoms with E-state index in [2.05, 4.69) is 43.1 Å². The average molecular weight is 351 g/mol. The second-order valence-electron chi connectivity index (χ2n) is 4.52. The molecule has 2 heterocycles. The van der Waals surface area contributed by atoms with Gasteiger partial charge in [0.1, 0.15) is 11.6 Å². The van der Waals surface area contributed by atoms with Crippen LogP contribution >= 0.6 is 15.9 Å². The Morgan fingerprint density at radius 2 is 2.05 bits per heavy atom. The van der Waals surface area contributed by atoms with Crippen LogP contribution in [0.25, 0.3) is 0 Å². The fourth-order valence-corrected chi connectivity index (χ4v) is 2.56. The third-order valence-corrected chi connectivity index (χ3v) is 3.85. The summed E-state index contributed by atoms with van der Waals surface area (Å²) in [5.41, 5.74) is 2.07. The van der Waals surface area contributed by atoms with Crippen LogP contribution in [0.3, 0.4) is 0 Å². The van der Waals surface area contributed by atoms with Crippen LogP contribution in [0, 0.1) is 0 Å². The highest BCUT2D eigenvalue weighted by atomic mass is 79.9. The van der Waals surface area contributed by atoms with Gasteiger partial charge in [0, 0.05) is 25.2 Å².